The minimum Gasteiger partial charge on any atom is -0.497 e. The number of carbonyl (C=O) groups is 2. The van der Waals surface area contributed by atoms with Crippen molar-refractivity contribution in [1.29, 1.82) is 0 Å². The molecule has 6 heteroatoms. The number of carbonyl (C=O) groups excluding carboxylic acids is 1. The Kier molecular flexibility index (Phi) is 5.42. The summed E-state index contributed by atoms with van der Waals surface area (Å²) in [4.78, 5) is 25.4. The summed E-state index contributed by atoms with van der Waals surface area (Å²) in [5, 5.41) is 8.79. The van der Waals surface area contributed by atoms with Gasteiger partial charge in [-0.15, -0.1) is 6.42 Å². The van der Waals surface area contributed by atoms with Gasteiger partial charge in [-0.25, -0.2) is 4.79 Å². The second-order valence-corrected chi connectivity index (χ2v) is 4.00. The smallest absolute Gasteiger partial charge is 0.325 e. The Hall–Kier alpha value is -2.68. The summed E-state index contributed by atoms with van der Waals surface area (Å²) >= 11 is 0. The van der Waals surface area contributed by atoms with Crippen molar-refractivity contribution in [2.24, 2.45) is 0 Å². The van der Waals surface area contributed by atoms with Gasteiger partial charge in [-0.05, 0) is 12.1 Å². The normalized spacial score (nSPS) is 9.45. The lowest BCUT2D eigenvalue weighted by atomic mass is 10.3. The average Bonchev–Trinajstić information content (AvgIpc) is 2.45. The van der Waals surface area contributed by atoms with Gasteiger partial charge < -0.3 is 14.7 Å². The highest BCUT2D eigenvalue weighted by Crippen LogP contribution is 2.20. The summed E-state index contributed by atoms with van der Waals surface area (Å²) in [5.41, 5.74) is 0.585. The third-order valence-electron chi connectivity index (χ3n) is 2.61. The van der Waals surface area contributed by atoms with Gasteiger partial charge in [0.15, 0.2) is 0 Å². The van der Waals surface area contributed by atoms with Crippen LogP contribution in [0.25, 0.3) is 0 Å². The van der Waals surface area contributed by atoms with Gasteiger partial charge in [0, 0.05) is 18.8 Å². The fourth-order valence-corrected chi connectivity index (χ4v) is 1.61. The Morgan fingerprint density at radius 3 is 2.70 bits per heavy atom. The van der Waals surface area contributed by atoms with Crippen molar-refractivity contribution in [3.8, 4) is 18.1 Å². The molecule has 1 rings (SSSR count). The molecule has 1 N–H and O–H groups in total. The second-order valence-electron chi connectivity index (χ2n) is 4.00. The maximum atomic E-state index is 12.2. The highest BCUT2D eigenvalue weighted by molar-refractivity contribution is 5.93. The molecule has 2 amide bonds. The molecule has 1 aromatic carbocycles. The number of aliphatic carboxylic acids is 1. The number of carboxylic acids is 1. The van der Waals surface area contributed by atoms with Gasteiger partial charge in [-0.1, -0.05) is 12.0 Å². The number of anilines is 1. The summed E-state index contributed by atoms with van der Waals surface area (Å²) < 4.78 is 5.08. The van der Waals surface area contributed by atoms with Crippen molar-refractivity contribution >= 4 is 17.7 Å². The van der Waals surface area contributed by atoms with Gasteiger partial charge in [0.2, 0.25) is 0 Å². The number of hydrogen-bond acceptors (Lipinski definition) is 3. The van der Waals surface area contributed by atoms with E-state index in [1.165, 1.54) is 12.0 Å². The highest BCUT2D eigenvalue weighted by Gasteiger charge is 2.20. The first kappa shape index (κ1) is 15.4. The Morgan fingerprint density at radius 2 is 2.15 bits per heavy atom. The number of amides is 2. The lowest BCUT2D eigenvalue weighted by Crippen LogP contribution is -2.44. The van der Waals surface area contributed by atoms with Gasteiger partial charge in [-0.3, -0.25) is 9.69 Å². The van der Waals surface area contributed by atoms with Gasteiger partial charge in [0.1, 0.15) is 12.3 Å². The standard InChI is InChI=1S/C14H16N2O4/c1-4-8-16(10-13(17)18)14(19)15(2)11-6-5-7-12(9-11)20-3/h1,5-7,9H,8,10H2,2-3H3,(H,17,18). The number of ether oxygens (including phenoxy) is 1. The topological polar surface area (TPSA) is 70.1 Å². The highest BCUT2D eigenvalue weighted by atomic mass is 16.5. The van der Waals surface area contributed by atoms with E-state index in [9.17, 15) is 9.59 Å². The van der Waals surface area contributed by atoms with E-state index in [-0.39, 0.29) is 6.54 Å². The molecule has 0 saturated heterocycles. The van der Waals surface area contributed by atoms with E-state index in [4.69, 9.17) is 16.3 Å². The van der Waals surface area contributed by atoms with E-state index >= 15 is 0 Å². The molecule has 20 heavy (non-hydrogen) atoms. The first-order valence-corrected chi connectivity index (χ1v) is 5.81. The number of rotatable bonds is 5. The zero-order valence-electron chi connectivity index (χ0n) is 11.4. The molecule has 0 heterocycles. The van der Waals surface area contributed by atoms with Crippen LogP contribution in [0.15, 0.2) is 24.3 Å². The predicted molar refractivity (Wildman–Crippen MR) is 74.8 cm³/mol. The molecule has 0 aliphatic carbocycles. The molecule has 1 aromatic rings. The van der Waals surface area contributed by atoms with E-state index < -0.39 is 18.5 Å². The number of carboxylic acid groups (broad SMARTS) is 1. The third kappa shape index (κ3) is 3.92. The fraction of sp³-hybridized carbons (Fsp3) is 0.286. The molecular weight excluding hydrogens is 260 g/mol. The van der Waals surface area contributed by atoms with Gasteiger partial charge in [-0.2, -0.15) is 0 Å². The fourth-order valence-electron chi connectivity index (χ4n) is 1.61. The summed E-state index contributed by atoms with van der Waals surface area (Å²) in [6.45, 7) is -0.517. The number of benzene rings is 1. The maximum Gasteiger partial charge on any atom is 0.325 e. The van der Waals surface area contributed by atoms with Crippen molar-refractivity contribution in [1.82, 2.24) is 4.90 Å². The van der Waals surface area contributed by atoms with Gasteiger partial charge >= 0.3 is 12.0 Å². The average molecular weight is 276 g/mol. The van der Waals surface area contributed by atoms with E-state index in [1.807, 2.05) is 0 Å². The van der Waals surface area contributed by atoms with Crippen LogP contribution in [0, 0.1) is 12.3 Å². The van der Waals surface area contributed by atoms with E-state index in [0.717, 1.165) is 4.90 Å². The summed E-state index contributed by atoms with van der Waals surface area (Å²) in [6.07, 6.45) is 5.15. The molecule has 0 unspecified atom stereocenters. The minimum absolute atomic E-state index is 0.0700. The van der Waals surface area contributed by atoms with Crippen molar-refractivity contribution in [2.75, 3.05) is 32.1 Å². The first-order valence-electron chi connectivity index (χ1n) is 5.81. The van der Waals surface area contributed by atoms with Crippen LogP contribution in [0.2, 0.25) is 0 Å². The zero-order chi connectivity index (χ0) is 15.1. The SMILES string of the molecule is C#CCN(CC(=O)O)C(=O)N(C)c1cccc(OC)c1. The largest absolute Gasteiger partial charge is 0.497 e. The number of terminal acetylenes is 1. The van der Waals surface area contributed by atoms with E-state index in [2.05, 4.69) is 5.92 Å². The summed E-state index contributed by atoms with van der Waals surface area (Å²) in [6, 6.07) is 6.39. The molecule has 0 aliphatic heterocycles. The molecule has 0 fully saturated rings. The molecule has 106 valence electrons. The van der Waals surface area contributed by atoms with Crippen molar-refractivity contribution in [3.63, 3.8) is 0 Å². The van der Waals surface area contributed by atoms with Crippen LogP contribution in [-0.2, 0) is 4.79 Å². The van der Waals surface area contributed by atoms with Gasteiger partial charge in [0.25, 0.3) is 0 Å². The molecule has 0 aromatic heterocycles. The van der Waals surface area contributed by atoms with E-state index in [1.54, 1.807) is 31.3 Å². The lowest BCUT2D eigenvalue weighted by Gasteiger charge is -2.25. The Labute approximate surface area is 117 Å². The molecule has 0 atom stereocenters. The lowest BCUT2D eigenvalue weighted by molar-refractivity contribution is -0.137. The Bertz CT molecular complexity index is 536. The minimum atomic E-state index is -1.12. The predicted octanol–water partition coefficient (Wildman–Crippen LogP) is 1.27. The van der Waals surface area contributed by atoms with Crippen LogP contribution in [-0.4, -0.2) is 49.3 Å². The number of urea groups is 1. The van der Waals surface area contributed by atoms with Crippen LogP contribution in [0.1, 0.15) is 0 Å². The molecule has 0 spiro atoms. The quantitative estimate of drug-likeness (QED) is 0.822. The van der Waals surface area contributed by atoms with Crippen LogP contribution in [0.3, 0.4) is 0 Å². The molecule has 6 nitrogen and oxygen atoms in total. The van der Waals surface area contributed by atoms with Crippen LogP contribution < -0.4 is 9.64 Å². The van der Waals surface area contributed by atoms with Gasteiger partial charge in [0.05, 0.1) is 13.7 Å². The monoisotopic (exact) mass is 276 g/mol. The molecule has 0 bridgehead atoms. The van der Waals surface area contributed by atoms with Crippen molar-refractivity contribution < 1.29 is 19.4 Å². The molecule has 0 aliphatic rings. The maximum absolute atomic E-state index is 12.2. The van der Waals surface area contributed by atoms with Crippen LogP contribution in [0.4, 0.5) is 10.5 Å². The van der Waals surface area contributed by atoms with E-state index in [0.29, 0.717) is 11.4 Å². The summed E-state index contributed by atoms with van der Waals surface area (Å²) in [7, 11) is 3.07. The second kappa shape index (κ2) is 7.04. The summed E-state index contributed by atoms with van der Waals surface area (Å²) in [5.74, 6) is 1.76. The van der Waals surface area contributed by atoms with Crippen molar-refractivity contribution in [3.05, 3.63) is 24.3 Å². The van der Waals surface area contributed by atoms with Crippen molar-refractivity contribution in [2.45, 2.75) is 0 Å². The number of hydrogen-bond donors (Lipinski definition) is 1. The Morgan fingerprint density at radius 1 is 1.45 bits per heavy atom. The zero-order valence-corrected chi connectivity index (χ0v) is 11.4. The number of nitrogens with zero attached hydrogens (tertiary/aromatic N) is 2. The Balaban J connectivity index is 2.92. The molecule has 0 saturated carbocycles. The third-order valence-corrected chi connectivity index (χ3v) is 2.61. The number of methoxy groups -OCH3 is 1. The first-order chi connectivity index (χ1) is 9.49. The van der Waals surface area contributed by atoms with Crippen LogP contribution >= 0.6 is 0 Å². The molecule has 0 radical (unpaired) electrons. The van der Waals surface area contributed by atoms with Crippen LogP contribution in [0.5, 0.6) is 5.75 Å². The molecular formula is C14H16N2O4.